The van der Waals surface area contributed by atoms with E-state index in [0.29, 0.717) is 5.88 Å². The summed E-state index contributed by atoms with van der Waals surface area (Å²) in [5, 5.41) is 0. The normalized spacial score (nSPS) is 11.1. The van der Waals surface area contributed by atoms with Crippen LogP contribution in [-0.4, -0.2) is 26.5 Å². The molecule has 2 aromatic rings. The molecule has 0 aromatic carbocycles. The van der Waals surface area contributed by atoms with Crippen LogP contribution in [0.5, 0.6) is 0 Å². The highest BCUT2D eigenvalue weighted by molar-refractivity contribution is 7.98. The molecule has 0 saturated carbocycles. The van der Waals surface area contributed by atoms with E-state index in [-0.39, 0.29) is 0 Å². The van der Waals surface area contributed by atoms with Crippen LogP contribution in [-0.2, 0) is 12.4 Å². The van der Waals surface area contributed by atoms with Crippen LogP contribution in [0.15, 0.2) is 18.5 Å². The Morgan fingerprint density at radius 1 is 1.50 bits per heavy atom. The Bertz CT molecular complexity index is 469. The Morgan fingerprint density at radius 2 is 2.38 bits per heavy atom. The molecule has 86 valence electrons. The first kappa shape index (κ1) is 11.7. The topological polar surface area (TPSA) is 30.7 Å². The molecule has 5 heteroatoms. The molecule has 0 aliphatic carbocycles. The summed E-state index contributed by atoms with van der Waals surface area (Å²) in [6, 6.07) is 2.00. The number of alkyl halides is 1. The molecule has 16 heavy (non-hydrogen) atoms. The summed E-state index contributed by atoms with van der Waals surface area (Å²) < 4.78 is 2.19. The molecule has 0 atom stereocenters. The Labute approximate surface area is 104 Å². The van der Waals surface area contributed by atoms with E-state index < -0.39 is 0 Å². The van der Waals surface area contributed by atoms with Gasteiger partial charge < -0.3 is 4.57 Å². The zero-order chi connectivity index (χ0) is 11.4. The van der Waals surface area contributed by atoms with E-state index in [1.807, 2.05) is 17.8 Å². The van der Waals surface area contributed by atoms with Crippen LogP contribution in [0.1, 0.15) is 12.2 Å². The monoisotopic (exact) mass is 255 g/mol. The van der Waals surface area contributed by atoms with Crippen LogP contribution in [0.4, 0.5) is 0 Å². The minimum atomic E-state index is 0.452. The van der Waals surface area contributed by atoms with Gasteiger partial charge in [-0.25, -0.2) is 4.98 Å². The molecule has 2 heterocycles. The van der Waals surface area contributed by atoms with Gasteiger partial charge in [0.1, 0.15) is 11.3 Å². The van der Waals surface area contributed by atoms with Crippen molar-refractivity contribution in [2.75, 3.05) is 12.0 Å². The quantitative estimate of drug-likeness (QED) is 0.608. The van der Waals surface area contributed by atoms with Crippen LogP contribution < -0.4 is 0 Å². The number of hydrogen-bond acceptors (Lipinski definition) is 3. The molecule has 0 fully saturated rings. The Balaban J connectivity index is 2.32. The van der Waals surface area contributed by atoms with Crippen molar-refractivity contribution in [1.29, 1.82) is 0 Å². The predicted molar refractivity (Wildman–Crippen MR) is 70.1 cm³/mol. The largest absolute Gasteiger partial charge is 0.327 e. The molecule has 0 spiro atoms. The van der Waals surface area contributed by atoms with Gasteiger partial charge in [0.2, 0.25) is 0 Å². The van der Waals surface area contributed by atoms with Crippen LogP contribution in [0.25, 0.3) is 11.0 Å². The lowest BCUT2D eigenvalue weighted by atomic mass is 10.4. The van der Waals surface area contributed by atoms with Gasteiger partial charge in [0.25, 0.3) is 0 Å². The molecule has 3 nitrogen and oxygen atoms in total. The van der Waals surface area contributed by atoms with E-state index >= 15 is 0 Å². The Morgan fingerprint density at radius 3 is 3.12 bits per heavy atom. The summed E-state index contributed by atoms with van der Waals surface area (Å²) in [5.41, 5.74) is 2.06. The smallest absolute Gasteiger partial charge is 0.124 e. The van der Waals surface area contributed by atoms with E-state index in [2.05, 4.69) is 20.8 Å². The summed E-state index contributed by atoms with van der Waals surface area (Å²) in [4.78, 5) is 8.55. The molecule has 0 saturated heterocycles. The summed E-state index contributed by atoms with van der Waals surface area (Å²) >= 11 is 7.77. The molecule has 0 aliphatic heterocycles. The average molecular weight is 256 g/mol. The second-order valence-corrected chi connectivity index (χ2v) is 4.78. The van der Waals surface area contributed by atoms with E-state index in [1.165, 1.54) is 0 Å². The molecule has 0 unspecified atom stereocenters. The summed E-state index contributed by atoms with van der Waals surface area (Å²) in [6.07, 6.45) is 6.85. The third kappa shape index (κ3) is 2.33. The minimum Gasteiger partial charge on any atom is -0.327 e. The van der Waals surface area contributed by atoms with Crippen molar-refractivity contribution in [2.45, 2.75) is 18.8 Å². The zero-order valence-electron chi connectivity index (χ0n) is 9.19. The number of imidazole rings is 1. The predicted octanol–water partition coefficient (Wildman–Crippen LogP) is 2.92. The minimum absolute atomic E-state index is 0.452. The Kier molecular flexibility index (Phi) is 4.07. The number of nitrogens with zero attached hydrogens (tertiary/aromatic N) is 3. The van der Waals surface area contributed by atoms with Crippen molar-refractivity contribution in [2.24, 2.45) is 0 Å². The Hall–Kier alpha value is -0.740. The van der Waals surface area contributed by atoms with Crippen molar-refractivity contribution in [3.63, 3.8) is 0 Å². The first-order valence-electron chi connectivity index (χ1n) is 5.21. The molecular weight excluding hydrogens is 242 g/mol. The molecule has 0 N–H and O–H groups in total. The molecular formula is C11H14ClN3S. The fourth-order valence-electron chi connectivity index (χ4n) is 1.75. The standard InChI is InChI=1S/C11H14ClN3S/c1-16-6-2-5-15-10-3-4-13-8-9(10)14-11(15)7-12/h3-4,8H,2,5-7H2,1H3. The lowest BCUT2D eigenvalue weighted by Crippen LogP contribution is -2.03. The fourth-order valence-corrected chi connectivity index (χ4v) is 2.37. The van der Waals surface area contributed by atoms with Gasteiger partial charge in [-0.2, -0.15) is 11.8 Å². The third-order valence-corrected chi connectivity index (χ3v) is 3.42. The maximum Gasteiger partial charge on any atom is 0.124 e. The maximum absolute atomic E-state index is 5.91. The highest BCUT2D eigenvalue weighted by Crippen LogP contribution is 2.17. The van der Waals surface area contributed by atoms with Crippen molar-refractivity contribution < 1.29 is 0 Å². The summed E-state index contributed by atoms with van der Waals surface area (Å²) in [5.74, 6) is 2.55. The van der Waals surface area contributed by atoms with Gasteiger partial charge in [0.05, 0.1) is 17.6 Å². The van der Waals surface area contributed by atoms with E-state index in [0.717, 1.165) is 35.6 Å². The van der Waals surface area contributed by atoms with Gasteiger partial charge in [-0.3, -0.25) is 4.98 Å². The second-order valence-electron chi connectivity index (χ2n) is 3.52. The molecule has 2 aromatic heterocycles. The molecule has 0 amide bonds. The number of fused-ring (bicyclic) bond motifs is 1. The van der Waals surface area contributed by atoms with Gasteiger partial charge in [-0.05, 0) is 24.5 Å². The number of rotatable bonds is 5. The van der Waals surface area contributed by atoms with E-state index in [1.54, 1.807) is 12.4 Å². The SMILES string of the molecule is CSCCCn1c(CCl)nc2cnccc21. The second kappa shape index (κ2) is 5.55. The third-order valence-electron chi connectivity index (χ3n) is 2.48. The van der Waals surface area contributed by atoms with E-state index in [4.69, 9.17) is 11.6 Å². The molecule has 2 rings (SSSR count). The summed E-state index contributed by atoms with van der Waals surface area (Å²) in [7, 11) is 0. The van der Waals surface area contributed by atoms with Gasteiger partial charge in [0, 0.05) is 12.7 Å². The maximum atomic E-state index is 5.91. The van der Waals surface area contributed by atoms with Crippen LogP contribution in [0, 0.1) is 0 Å². The number of thioether (sulfide) groups is 1. The lowest BCUT2D eigenvalue weighted by Gasteiger charge is -2.06. The number of aryl methyl sites for hydroxylation is 1. The lowest BCUT2D eigenvalue weighted by molar-refractivity contribution is 0.677. The van der Waals surface area contributed by atoms with Crippen molar-refractivity contribution in [1.82, 2.24) is 14.5 Å². The van der Waals surface area contributed by atoms with Gasteiger partial charge in [-0.1, -0.05) is 0 Å². The van der Waals surface area contributed by atoms with E-state index in [9.17, 15) is 0 Å². The van der Waals surface area contributed by atoms with Crippen molar-refractivity contribution in [3.8, 4) is 0 Å². The molecule has 0 bridgehead atoms. The van der Waals surface area contributed by atoms with Crippen molar-refractivity contribution >= 4 is 34.4 Å². The number of aromatic nitrogens is 3. The first-order chi connectivity index (χ1) is 7.86. The number of hydrogen-bond donors (Lipinski definition) is 0. The molecule has 0 radical (unpaired) electrons. The van der Waals surface area contributed by atoms with Gasteiger partial charge >= 0.3 is 0 Å². The summed E-state index contributed by atoms with van der Waals surface area (Å²) in [6.45, 7) is 0.976. The van der Waals surface area contributed by atoms with Crippen molar-refractivity contribution in [3.05, 3.63) is 24.3 Å². The number of pyridine rings is 1. The van der Waals surface area contributed by atoms with Gasteiger partial charge in [-0.15, -0.1) is 11.6 Å². The highest BCUT2D eigenvalue weighted by atomic mass is 35.5. The van der Waals surface area contributed by atoms with Crippen LogP contribution in [0.3, 0.4) is 0 Å². The fraction of sp³-hybridized carbons (Fsp3) is 0.455. The first-order valence-corrected chi connectivity index (χ1v) is 7.13. The molecule has 0 aliphatic rings. The van der Waals surface area contributed by atoms with Gasteiger partial charge in [0.15, 0.2) is 0 Å². The average Bonchev–Trinajstić information content (AvgIpc) is 2.68. The van der Waals surface area contributed by atoms with Crippen LogP contribution in [0.2, 0.25) is 0 Å². The van der Waals surface area contributed by atoms with Crippen LogP contribution >= 0.6 is 23.4 Å². The zero-order valence-corrected chi connectivity index (χ0v) is 10.8. The number of halogens is 1. The highest BCUT2D eigenvalue weighted by Gasteiger charge is 2.08.